The maximum absolute atomic E-state index is 12.4. The van der Waals surface area contributed by atoms with E-state index < -0.39 is 0 Å². The zero-order valence-corrected chi connectivity index (χ0v) is 16.1. The average molecular weight is 379 g/mol. The number of carbonyl (C=O) groups is 1. The number of para-hydroxylation sites is 1. The normalized spacial score (nSPS) is 10.8. The van der Waals surface area contributed by atoms with Crippen LogP contribution in [0.3, 0.4) is 0 Å². The Balaban J connectivity index is 1.48. The average Bonchev–Trinajstić information content (AvgIpc) is 2.72. The standard InChI is InChI=1S/C22H25N3O3/c1-2-3-14-28-18-10-8-17(9-11-18)12-13-23-21(26)15-25-16-24-20-7-5-4-6-19(20)22(25)27/h4-11,16H,2-3,12-15H2,1H3,(H,23,26). The van der Waals surface area contributed by atoms with E-state index in [1.165, 1.54) is 10.9 Å². The molecule has 1 heterocycles. The van der Waals surface area contributed by atoms with Crippen LogP contribution in [0.1, 0.15) is 25.3 Å². The smallest absolute Gasteiger partial charge is 0.261 e. The van der Waals surface area contributed by atoms with Gasteiger partial charge in [-0.3, -0.25) is 14.2 Å². The van der Waals surface area contributed by atoms with E-state index in [9.17, 15) is 9.59 Å². The molecule has 146 valence electrons. The molecule has 0 aliphatic carbocycles. The second kappa shape index (κ2) is 9.69. The van der Waals surface area contributed by atoms with Crippen LogP contribution in [-0.2, 0) is 17.8 Å². The third-order valence-electron chi connectivity index (χ3n) is 4.47. The monoisotopic (exact) mass is 379 g/mol. The van der Waals surface area contributed by atoms with Crippen molar-refractivity contribution in [1.82, 2.24) is 14.9 Å². The van der Waals surface area contributed by atoms with E-state index in [4.69, 9.17) is 4.74 Å². The molecule has 0 fully saturated rings. The van der Waals surface area contributed by atoms with Gasteiger partial charge >= 0.3 is 0 Å². The maximum atomic E-state index is 12.4. The third-order valence-corrected chi connectivity index (χ3v) is 4.47. The van der Waals surface area contributed by atoms with E-state index in [0.717, 1.165) is 30.8 Å². The number of rotatable bonds is 9. The number of amides is 1. The Morgan fingerprint density at radius 2 is 1.93 bits per heavy atom. The summed E-state index contributed by atoms with van der Waals surface area (Å²) in [7, 11) is 0. The Labute approximate surface area is 164 Å². The maximum Gasteiger partial charge on any atom is 0.261 e. The molecule has 6 nitrogen and oxygen atoms in total. The predicted octanol–water partition coefficient (Wildman–Crippen LogP) is 2.93. The Hall–Kier alpha value is -3.15. The topological polar surface area (TPSA) is 73.2 Å². The lowest BCUT2D eigenvalue weighted by molar-refractivity contribution is -0.121. The van der Waals surface area contributed by atoms with Gasteiger partial charge in [-0.15, -0.1) is 0 Å². The van der Waals surface area contributed by atoms with Gasteiger partial charge in [-0.25, -0.2) is 4.98 Å². The van der Waals surface area contributed by atoms with E-state index in [1.54, 1.807) is 18.2 Å². The highest BCUT2D eigenvalue weighted by atomic mass is 16.5. The first-order valence-electron chi connectivity index (χ1n) is 9.60. The van der Waals surface area contributed by atoms with Gasteiger partial charge in [0, 0.05) is 6.54 Å². The number of aromatic nitrogens is 2. The van der Waals surface area contributed by atoms with Gasteiger partial charge in [0.25, 0.3) is 5.56 Å². The van der Waals surface area contributed by atoms with E-state index in [0.29, 0.717) is 23.9 Å². The van der Waals surface area contributed by atoms with Crippen molar-refractivity contribution in [3.63, 3.8) is 0 Å². The van der Waals surface area contributed by atoms with Gasteiger partial charge in [-0.2, -0.15) is 0 Å². The van der Waals surface area contributed by atoms with Crippen molar-refractivity contribution >= 4 is 16.8 Å². The summed E-state index contributed by atoms with van der Waals surface area (Å²) in [4.78, 5) is 28.8. The third kappa shape index (κ3) is 5.19. The quantitative estimate of drug-likeness (QED) is 0.580. The first-order valence-corrected chi connectivity index (χ1v) is 9.60. The molecule has 2 aromatic carbocycles. The summed E-state index contributed by atoms with van der Waals surface area (Å²) in [5, 5.41) is 3.37. The van der Waals surface area contributed by atoms with Crippen molar-refractivity contribution in [3.05, 3.63) is 70.8 Å². The number of hydrogen-bond acceptors (Lipinski definition) is 4. The van der Waals surface area contributed by atoms with Crippen molar-refractivity contribution in [3.8, 4) is 5.75 Å². The van der Waals surface area contributed by atoms with Gasteiger partial charge in [0.1, 0.15) is 12.3 Å². The lowest BCUT2D eigenvalue weighted by Gasteiger charge is -2.09. The zero-order valence-electron chi connectivity index (χ0n) is 16.1. The van der Waals surface area contributed by atoms with E-state index in [1.807, 2.05) is 30.3 Å². The number of nitrogens with zero attached hydrogens (tertiary/aromatic N) is 2. The molecule has 0 bridgehead atoms. The molecule has 1 N–H and O–H groups in total. The fourth-order valence-corrected chi connectivity index (χ4v) is 2.86. The van der Waals surface area contributed by atoms with Crippen molar-refractivity contribution < 1.29 is 9.53 Å². The Bertz CT molecular complexity index is 980. The number of nitrogens with one attached hydrogen (secondary N) is 1. The van der Waals surface area contributed by atoms with Crippen molar-refractivity contribution in [2.45, 2.75) is 32.7 Å². The molecule has 3 aromatic rings. The number of benzene rings is 2. The van der Waals surface area contributed by atoms with Crippen LogP contribution in [-0.4, -0.2) is 28.6 Å². The molecule has 1 amide bonds. The van der Waals surface area contributed by atoms with E-state index in [2.05, 4.69) is 17.2 Å². The van der Waals surface area contributed by atoms with Crippen LogP contribution in [0.5, 0.6) is 5.75 Å². The summed E-state index contributed by atoms with van der Waals surface area (Å²) in [6, 6.07) is 15.0. The molecule has 0 radical (unpaired) electrons. The van der Waals surface area contributed by atoms with E-state index in [-0.39, 0.29) is 18.0 Å². The van der Waals surface area contributed by atoms with Gasteiger partial charge < -0.3 is 10.1 Å². The summed E-state index contributed by atoms with van der Waals surface area (Å²) < 4.78 is 6.98. The summed E-state index contributed by atoms with van der Waals surface area (Å²) in [6.07, 6.45) is 4.29. The lowest BCUT2D eigenvalue weighted by atomic mass is 10.1. The molecule has 3 rings (SSSR count). The number of carbonyl (C=O) groups excluding carboxylic acids is 1. The molecule has 0 atom stereocenters. The first kappa shape index (κ1) is 19.6. The summed E-state index contributed by atoms with van der Waals surface area (Å²) in [5.74, 6) is 0.656. The molecule has 0 aliphatic heterocycles. The second-order valence-corrected chi connectivity index (χ2v) is 6.64. The zero-order chi connectivity index (χ0) is 19.8. The molecule has 6 heteroatoms. The highest BCUT2D eigenvalue weighted by molar-refractivity contribution is 5.78. The van der Waals surface area contributed by atoms with Crippen LogP contribution >= 0.6 is 0 Å². The van der Waals surface area contributed by atoms with Gasteiger partial charge in [0.05, 0.1) is 23.8 Å². The van der Waals surface area contributed by atoms with Gasteiger partial charge in [-0.05, 0) is 42.7 Å². The minimum Gasteiger partial charge on any atom is -0.494 e. The van der Waals surface area contributed by atoms with Crippen LogP contribution in [0, 0.1) is 0 Å². The fraction of sp³-hybridized carbons (Fsp3) is 0.318. The minimum atomic E-state index is -0.210. The van der Waals surface area contributed by atoms with E-state index >= 15 is 0 Å². The largest absolute Gasteiger partial charge is 0.494 e. The number of hydrogen-bond donors (Lipinski definition) is 1. The van der Waals surface area contributed by atoms with Crippen molar-refractivity contribution in [2.24, 2.45) is 0 Å². The van der Waals surface area contributed by atoms with Crippen molar-refractivity contribution in [1.29, 1.82) is 0 Å². The molecule has 0 saturated heterocycles. The Kier molecular flexibility index (Phi) is 6.78. The van der Waals surface area contributed by atoms with Crippen LogP contribution in [0.25, 0.3) is 10.9 Å². The van der Waals surface area contributed by atoms with Gasteiger partial charge in [0.15, 0.2) is 0 Å². The summed E-state index contributed by atoms with van der Waals surface area (Å²) in [5.41, 5.74) is 1.54. The Morgan fingerprint density at radius 3 is 2.71 bits per heavy atom. The molecule has 28 heavy (non-hydrogen) atoms. The molecule has 0 spiro atoms. The number of fused-ring (bicyclic) bond motifs is 1. The van der Waals surface area contributed by atoms with Crippen LogP contribution < -0.4 is 15.6 Å². The lowest BCUT2D eigenvalue weighted by Crippen LogP contribution is -2.33. The molecular formula is C22H25N3O3. The van der Waals surface area contributed by atoms with Crippen molar-refractivity contribution in [2.75, 3.05) is 13.2 Å². The fourth-order valence-electron chi connectivity index (χ4n) is 2.86. The summed E-state index contributed by atoms with van der Waals surface area (Å²) >= 11 is 0. The second-order valence-electron chi connectivity index (χ2n) is 6.64. The molecular weight excluding hydrogens is 354 g/mol. The highest BCUT2D eigenvalue weighted by Gasteiger charge is 2.07. The minimum absolute atomic E-state index is 0.0408. The number of ether oxygens (including phenoxy) is 1. The van der Waals surface area contributed by atoms with Gasteiger partial charge in [0.2, 0.25) is 5.91 Å². The Morgan fingerprint density at radius 1 is 1.14 bits per heavy atom. The molecule has 0 aliphatic rings. The molecule has 1 aromatic heterocycles. The first-order chi connectivity index (χ1) is 13.7. The highest BCUT2D eigenvalue weighted by Crippen LogP contribution is 2.13. The molecule has 0 saturated carbocycles. The summed E-state index contributed by atoms with van der Waals surface area (Å²) in [6.45, 7) is 3.33. The number of unbranched alkanes of at least 4 members (excludes halogenated alkanes) is 1. The SMILES string of the molecule is CCCCOc1ccc(CCNC(=O)Cn2cnc3ccccc3c2=O)cc1. The van der Waals surface area contributed by atoms with Gasteiger partial charge in [-0.1, -0.05) is 37.6 Å². The van der Waals surface area contributed by atoms with Crippen LogP contribution in [0.4, 0.5) is 0 Å². The van der Waals surface area contributed by atoms with Crippen LogP contribution in [0.15, 0.2) is 59.7 Å². The molecule has 0 unspecified atom stereocenters. The predicted molar refractivity (Wildman–Crippen MR) is 110 cm³/mol. The van der Waals surface area contributed by atoms with Crippen LogP contribution in [0.2, 0.25) is 0 Å².